The molecule has 0 radical (unpaired) electrons. The van der Waals surface area contributed by atoms with E-state index >= 15 is 0 Å². The number of hydrogen-bond donors (Lipinski definition) is 2. The molecule has 0 bridgehead atoms. The van der Waals surface area contributed by atoms with E-state index in [1.54, 1.807) is 4.90 Å². The summed E-state index contributed by atoms with van der Waals surface area (Å²) in [5.74, 6) is -1.36. The van der Waals surface area contributed by atoms with Crippen LogP contribution in [-0.2, 0) is 26.2 Å². The molecule has 1 amide bonds. The molecule has 1 heterocycles. The number of carbonyl (C=O) groups is 2. The van der Waals surface area contributed by atoms with Crippen molar-refractivity contribution in [2.45, 2.75) is 51.2 Å². The molecule has 2 aliphatic rings. The number of rotatable bonds is 7. The molecule has 1 saturated heterocycles. The third-order valence-electron chi connectivity index (χ3n) is 5.86. The van der Waals surface area contributed by atoms with Gasteiger partial charge in [-0.05, 0) is 50.0 Å². The second kappa shape index (κ2) is 10.3. The molecule has 1 aromatic carbocycles. The molecular formula is C21H30N2O6S. The zero-order valence-corrected chi connectivity index (χ0v) is 17.9. The zero-order valence-electron chi connectivity index (χ0n) is 17.0. The first kappa shape index (κ1) is 22.6. The van der Waals surface area contributed by atoms with Crippen molar-refractivity contribution in [2.24, 2.45) is 11.8 Å². The minimum absolute atomic E-state index is 0.0334. The first-order valence-electron chi connectivity index (χ1n) is 10.5. The molecule has 1 aliphatic carbocycles. The van der Waals surface area contributed by atoms with E-state index in [1.807, 2.05) is 30.3 Å². The fraction of sp³-hybridized carbons (Fsp3) is 0.619. The van der Waals surface area contributed by atoms with E-state index in [-0.39, 0.29) is 30.2 Å². The summed E-state index contributed by atoms with van der Waals surface area (Å²) in [6.07, 6.45) is 3.14. The van der Waals surface area contributed by atoms with Crippen molar-refractivity contribution in [3.05, 3.63) is 35.9 Å². The van der Waals surface area contributed by atoms with E-state index in [0.717, 1.165) is 18.4 Å². The quantitative estimate of drug-likeness (QED) is 0.677. The third-order valence-corrected chi connectivity index (χ3v) is 7.46. The summed E-state index contributed by atoms with van der Waals surface area (Å²) >= 11 is 0. The van der Waals surface area contributed by atoms with Crippen LogP contribution in [-0.4, -0.2) is 55.4 Å². The van der Waals surface area contributed by atoms with E-state index in [2.05, 4.69) is 4.72 Å². The Bertz CT molecular complexity index is 821. The Balaban J connectivity index is 1.45. The van der Waals surface area contributed by atoms with Gasteiger partial charge in [-0.15, -0.1) is 0 Å². The molecule has 1 atom stereocenters. The Labute approximate surface area is 177 Å². The molecule has 2 N–H and O–H groups in total. The number of ether oxygens (including phenoxy) is 1. The van der Waals surface area contributed by atoms with Crippen molar-refractivity contribution >= 4 is 22.1 Å². The predicted octanol–water partition coefficient (Wildman–Crippen LogP) is 2.60. The minimum Gasteiger partial charge on any atom is -0.481 e. The number of benzene rings is 1. The zero-order chi connectivity index (χ0) is 21.6. The van der Waals surface area contributed by atoms with Gasteiger partial charge in [0.2, 0.25) is 10.0 Å². The summed E-state index contributed by atoms with van der Waals surface area (Å²) in [7, 11) is -3.50. The van der Waals surface area contributed by atoms with Gasteiger partial charge >= 0.3 is 12.1 Å². The highest BCUT2D eigenvalue weighted by molar-refractivity contribution is 7.89. The van der Waals surface area contributed by atoms with E-state index < -0.39 is 22.1 Å². The summed E-state index contributed by atoms with van der Waals surface area (Å²) in [6, 6.07) is 9.22. The van der Waals surface area contributed by atoms with Gasteiger partial charge in [-0.3, -0.25) is 4.79 Å². The van der Waals surface area contributed by atoms with Gasteiger partial charge in [0.25, 0.3) is 0 Å². The lowest BCUT2D eigenvalue weighted by atomic mass is 9.87. The smallest absolute Gasteiger partial charge is 0.410 e. The van der Waals surface area contributed by atoms with Gasteiger partial charge < -0.3 is 14.7 Å². The van der Waals surface area contributed by atoms with Crippen LogP contribution in [0.5, 0.6) is 0 Å². The molecule has 9 heteroatoms. The standard InChI is InChI=1S/C21H30N2O6S/c24-20(25)18-8-10-19(11-9-18)22-30(27,28)15-17-7-4-12-23(13-17)21(26)29-14-16-5-2-1-3-6-16/h1-3,5-6,17-19,22H,4,7-15H2,(H,24,25). The van der Waals surface area contributed by atoms with Crippen molar-refractivity contribution in [3.63, 3.8) is 0 Å². The van der Waals surface area contributed by atoms with Gasteiger partial charge in [-0.1, -0.05) is 30.3 Å². The molecule has 1 aromatic rings. The van der Waals surface area contributed by atoms with Crippen LogP contribution >= 0.6 is 0 Å². The number of hydrogen-bond acceptors (Lipinski definition) is 5. The van der Waals surface area contributed by atoms with Gasteiger partial charge in [0.15, 0.2) is 0 Å². The number of carbonyl (C=O) groups excluding carboxylic acids is 1. The van der Waals surface area contributed by atoms with Crippen LogP contribution in [0.2, 0.25) is 0 Å². The molecule has 1 aliphatic heterocycles. The van der Waals surface area contributed by atoms with E-state index in [1.165, 1.54) is 0 Å². The lowest BCUT2D eigenvalue weighted by Gasteiger charge is -2.32. The Hall–Kier alpha value is -2.13. The van der Waals surface area contributed by atoms with E-state index in [9.17, 15) is 18.0 Å². The highest BCUT2D eigenvalue weighted by atomic mass is 32.2. The highest BCUT2D eigenvalue weighted by Crippen LogP contribution is 2.25. The number of nitrogens with zero attached hydrogens (tertiary/aromatic N) is 1. The van der Waals surface area contributed by atoms with Crippen LogP contribution in [0.4, 0.5) is 4.79 Å². The van der Waals surface area contributed by atoms with Crippen molar-refractivity contribution in [2.75, 3.05) is 18.8 Å². The number of likely N-dealkylation sites (tertiary alicyclic amines) is 1. The Morgan fingerprint density at radius 2 is 1.80 bits per heavy atom. The maximum absolute atomic E-state index is 12.6. The molecule has 30 heavy (non-hydrogen) atoms. The van der Waals surface area contributed by atoms with Crippen LogP contribution in [0.1, 0.15) is 44.1 Å². The van der Waals surface area contributed by atoms with Gasteiger partial charge in [0, 0.05) is 19.1 Å². The number of aliphatic carboxylic acids is 1. The topological polar surface area (TPSA) is 113 Å². The molecule has 0 spiro atoms. The Morgan fingerprint density at radius 1 is 1.10 bits per heavy atom. The second-order valence-electron chi connectivity index (χ2n) is 8.28. The lowest BCUT2D eigenvalue weighted by molar-refractivity contribution is -0.142. The summed E-state index contributed by atoms with van der Waals surface area (Å²) in [6.45, 7) is 1.12. The second-order valence-corrected chi connectivity index (χ2v) is 10.1. The van der Waals surface area contributed by atoms with Gasteiger partial charge in [-0.25, -0.2) is 17.9 Å². The lowest BCUT2D eigenvalue weighted by Crippen LogP contribution is -2.45. The van der Waals surface area contributed by atoms with Crippen molar-refractivity contribution in [1.29, 1.82) is 0 Å². The number of carboxylic acids is 1. The molecule has 1 saturated carbocycles. The average molecular weight is 439 g/mol. The Morgan fingerprint density at radius 3 is 2.47 bits per heavy atom. The van der Waals surface area contributed by atoms with Crippen LogP contribution in [0.15, 0.2) is 30.3 Å². The molecule has 2 fully saturated rings. The first-order valence-corrected chi connectivity index (χ1v) is 12.2. The number of amides is 1. The fourth-order valence-corrected chi connectivity index (χ4v) is 5.98. The largest absolute Gasteiger partial charge is 0.481 e. The number of sulfonamides is 1. The summed E-state index contributed by atoms with van der Waals surface area (Å²) < 4.78 is 33.3. The van der Waals surface area contributed by atoms with E-state index in [0.29, 0.717) is 38.8 Å². The minimum atomic E-state index is -3.50. The SMILES string of the molecule is O=C(O)C1CCC(NS(=O)(=O)CC2CCCN(C(=O)OCc3ccccc3)C2)CC1. The van der Waals surface area contributed by atoms with Gasteiger partial charge in [0.05, 0.1) is 11.7 Å². The van der Waals surface area contributed by atoms with Crippen molar-refractivity contribution in [1.82, 2.24) is 9.62 Å². The predicted molar refractivity (Wildman–Crippen MR) is 111 cm³/mol. The first-order chi connectivity index (χ1) is 14.3. The molecular weight excluding hydrogens is 408 g/mol. The van der Waals surface area contributed by atoms with Crippen LogP contribution in [0, 0.1) is 11.8 Å². The fourth-order valence-electron chi connectivity index (χ4n) is 4.25. The molecule has 8 nitrogen and oxygen atoms in total. The van der Waals surface area contributed by atoms with Crippen LogP contribution in [0.25, 0.3) is 0 Å². The number of nitrogens with one attached hydrogen (secondary N) is 1. The molecule has 166 valence electrons. The van der Waals surface area contributed by atoms with Gasteiger partial charge in [-0.2, -0.15) is 0 Å². The van der Waals surface area contributed by atoms with Gasteiger partial charge in [0.1, 0.15) is 6.61 Å². The molecule has 3 rings (SSSR count). The molecule has 0 aromatic heterocycles. The maximum atomic E-state index is 12.6. The summed E-state index contributed by atoms with van der Waals surface area (Å²) in [4.78, 5) is 25.0. The monoisotopic (exact) mass is 438 g/mol. The normalized spacial score (nSPS) is 24.9. The van der Waals surface area contributed by atoms with E-state index in [4.69, 9.17) is 9.84 Å². The third kappa shape index (κ3) is 6.70. The molecule has 1 unspecified atom stereocenters. The van der Waals surface area contributed by atoms with Crippen LogP contribution < -0.4 is 4.72 Å². The van der Waals surface area contributed by atoms with Crippen LogP contribution in [0.3, 0.4) is 0 Å². The highest BCUT2D eigenvalue weighted by Gasteiger charge is 2.31. The summed E-state index contributed by atoms with van der Waals surface area (Å²) in [5, 5.41) is 9.06. The number of carboxylic acid groups (broad SMARTS) is 1. The maximum Gasteiger partial charge on any atom is 0.410 e. The van der Waals surface area contributed by atoms with Crippen molar-refractivity contribution in [3.8, 4) is 0 Å². The Kier molecular flexibility index (Phi) is 7.71. The van der Waals surface area contributed by atoms with Crippen molar-refractivity contribution < 1.29 is 27.9 Å². The average Bonchev–Trinajstić information content (AvgIpc) is 2.72. The summed E-state index contributed by atoms with van der Waals surface area (Å²) in [5.41, 5.74) is 0.906. The number of piperidine rings is 1.